The Morgan fingerprint density at radius 3 is 2.14 bits per heavy atom. The third-order valence-electron chi connectivity index (χ3n) is 5.37. The van der Waals surface area contributed by atoms with Crippen LogP contribution in [0.15, 0.2) is 30.3 Å². The molecule has 3 rings (SSSR count). The Morgan fingerprint density at radius 2 is 1.52 bits per heavy atom. The predicted octanol–water partition coefficient (Wildman–Crippen LogP) is 3.69. The number of phenols is 1. The summed E-state index contributed by atoms with van der Waals surface area (Å²) in [5.41, 5.74) is 1.90. The average molecular weight is 404 g/mol. The van der Waals surface area contributed by atoms with Crippen LogP contribution in [0.3, 0.4) is 0 Å². The quantitative estimate of drug-likeness (QED) is 0.754. The summed E-state index contributed by atoms with van der Waals surface area (Å²) >= 11 is 0. The lowest BCUT2D eigenvalue weighted by molar-refractivity contribution is -0.0854. The van der Waals surface area contributed by atoms with Crippen LogP contribution >= 0.6 is 0 Å². The summed E-state index contributed by atoms with van der Waals surface area (Å²) in [6.45, 7) is 0.426. The molecule has 7 nitrogen and oxygen atoms in total. The van der Waals surface area contributed by atoms with E-state index in [4.69, 9.17) is 28.4 Å². The number of methoxy groups -OCH3 is 5. The minimum absolute atomic E-state index is 0.00227. The Hall–Kier alpha value is -2.64. The molecular weight excluding hydrogens is 376 g/mol. The van der Waals surface area contributed by atoms with Crippen LogP contribution in [0.2, 0.25) is 0 Å². The molecule has 2 aromatic carbocycles. The maximum atomic E-state index is 10.4. The van der Waals surface area contributed by atoms with Gasteiger partial charge in [0.1, 0.15) is 0 Å². The lowest BCUT2D eigenvalue weighted by atomic mass is 9.84. The average Bonchev–Trinajstić information content (AvgIpc) is 2.77. The maximum Gasteiger partial charge on any atom is 0.203 e. The molecule has 3 atom stereocenters. The highest BCUT2D eigenvalue weighted by atomic mass is 16.5. The first-order chi connectivity index (χ1) is 14.1. The zero-order valence-corrected chi connectivity index (χ0v) is 17.4. The van der Waals surface area contributed by atoms with E-state index in [-0.39, 0.29) is 23.9 Å². The van der Waals surface area contributed by atoms with Crippen LogP contribution in [0, 0.1) is 0 Å². The first-order valence-corrected chi connectivity index (χ1v) is 9.37. The summed E-state index contributed by atoms with van der Waals surface area (Å²) in [7, 11) is 7.93. The van der Waals surface area contributed by atoms with Crippen LogP contribution in [0.1, 0.15) is 29.6 Å². The van der Waals surface area contributed by atoms with E-state index in [0.29, 0.717) is 36.0 Å². The molecule has 0 aromatic heterocycles. The van der Waals surface area contributed by atoms with E-state index in [0.717, 1.165) is 11.1 Å². The van der Waals surface area contributed by atoms with E-state index in [1.165, 1.54) is 7.11 Å². The van der Waals surface area contributed by atoms with E-state index in [1.54, 1.807) is 34.5 Å². The van der Waals surface area contributed by atoms with Gasteiger partial charge in [0, 0.05) is 13.0 Å². The Bertz CT molecular complexity index is 836. The Morgan fingerprint density at radius 1 is 0.828 bits per heavy atom. The molecule has 0 aliphatic carbocycles. The van der Waals surface area contributed by atoms with E-state index >= 15 is 0 Å². The largest absolute Gasteiger partial charge is 0.504 e. The van der Waals surface area contributed by atoms with E-state index in [9.17, 15) is 5.11 Å². The molecule has 0 saturated carbocycles. The second-order valence-corrected chi connectivity index (χ2v) is 6.83. The molecule has 1 fully saturated rings. The molecule has 0 amide bonds. The second-order valence-electron chi connectivity index (χ2n) is 6.83. The van der Waals surface area contributed by atoms with Crippen molar-refractivity contribution in [3.63, 3.8) is 0 Å². The van der Waals surface area contributed by atoms with Crippen molar-refractivity contribution < 1.29 is 33.5 Å². The van der Waals surface area contributed by atoms with Gasteiger partial charge in [-0.25, -0.2) is 0 Å². The molecule has 0 bridgehead atoms. The van der Waals surface area contributed by atoms with Crippen LogP contribution in [0.4, 0.5) is 0 Å². The fraction of sp³-hybridized carbons (Fsp3) is 0.455. The molecule has 0 spiro atoms. The highest BCUT2D eigenvalue weighted by molar-refractivity contribution is 5.54. The van der Waals surface area contributed by atoms with Gasteiger partial charge in [0.25, 0.3) is 0 Å². The van der Waals surface area contributed by atoms with Crippen LogP contribution in [0.25, 0.3) is 0 Å². The summed E-state index contributed by atoms with van der Waals surface area (Å²) in [5.74, 6) is 2.15. The van der Waals surface area contributed by atoms with Crippen molar-refractivity contribution in [2.75, 3.05) is 42.2 Å². The van der Waals surface area contributed by atoms with Gasteiger partial charge in [0.05, 0.1) is 47.3 Å². The van der Waals surface area contributed by atoms with E-state index < -0.39 is 0 Å². The first kappa shape index (κ1) is 21.1. The number of hydrogen-bond donors (Lipinski definition) is 1. The highest BCUT2D eigenvalue weighted by Crippen LogP contribution is 2.45. The van der Waals surface area contributed by atoms with Gasteiger partial charge in [0.15, 0.2) is 23.0 Å². The van der Waals surface area contributed by atoms with Crippen molar-refractivity contribution in [1.29, 1.82) is 0 Å². The number of ether oxygens (including phenoxy) is 6. The lowest BCUT2D eigenvalue weighted by Gasteiger charge is -2.36. The summed E-state index contributed by atoms with van der Waals surface area (Å²) in [5, 5.41) is 10.4. The van der Waals surface area contributed by atoms with Crippen LogP contribution in [0.5, 0.6) is 28.7 Å². The van der Waals surface area contributed by atoms with E-state index in [2.05, 4.69) is 0 Å². The minimum atomic E-state index is -0.151. The fourth-order valence-corrected chi connectivity index (χ4v) is 3.83. The van der Waals surface area contributed by atoms with Crippen LogP contribution < -0.4 is 18.9 Å². The van der Waals surface area contributed by atoms with Gasteiger partial charge in [-0.2, -0.15) is 0 Å². The van der Waals surface area contributed by atoms with Crippen LogP contribution in [-0.4, -0.2) is 53.4 Å². The van der Waals surface area contributed by atoms with Gasteiger partial charge < -0.3 is 33.5 Å². The molecule has 1 N–H and O–H groups in total. The molecule has 29 heavy (non-hydrogen) atoms. The SMILES string of the molecule is COc1ccc(C2CC(c3cc(O)c(OC)c(OC)c3)C(OC)CO2)cc1OC. The fourth-order valence-electron chi connectivity index (χ4n) is 3.83. The number of aromatic hydroxyl groups is 1. The number of benzene rings is 2. The monoisotopic (exact) mass is 404 g/mol. The summed E-state index contributed by atoms with van der Waals surface area (Å²) in [6.07, 6.45) is 0.369. The summed E-state index contributed by atoms with van der Waals surface area (Å²) in [4.78, 5) is 0. The number of rotatable bonds is 7. The Kier molecular flexibility index (Phi) is 6.71. The highest BCUT2D eigenvalue weighted by Gasteiger charge is 2.34. The van der Waals surface area contributed by atoms with Gasteiger partial charge in [-0.1, -0.05) is 6.07 Å². The van der Waals surface area contributed by atoms with Gasteiger partial charge in [-0.05, 0) is 41.8 Å². The minimum Gasteiger partial charge on any atom is -0.504 e. The topological polar surface area (TPSA) is 75.6 Å². The molecule has 2 aromatic rings. The molecule has 158 valence electrons. The van der Waals surface area contributed by atoms with Gasteiger partial charge in [0.2, 0.25) is 5.75 Å². The van der Waals surface area contributed by atoms with Crippen molar-refractivity contribution in [3.8, 4) is 28.7 Å². The van der Waals surface area contributed by atoms with Crippen molar-refractivity contribution in [2.24, 2.45) is 0 Å². The first-order valence-electron chi connectivity index (χ1n) is 9.37. The molecule has 7 heteroatoms. The third-order valence-corrected chi connectivity index (χ3v) is 5.37. The molecule has 1 aliphatic rings. The van der Waals surface area contributed by atoms with Crippen LogP contribution in [-0.2, 0) is 9.47 Å². The third kappa shape index (κ3) is 4.21. The molecule has 1 heterocycles. The number of phenolic OH excluding ortho intramolecular Hbond substituents is 1. The Labute approximate surface area is 171 Å². The maximum absolute atomic E-state index is 10.4. The molecule has 0 radical (unpaired) electrons. The molecule has 3 unspecified atom stereocenters. The van der Waals surface area contributed by atoms with E-state index in [1.807, 2.05) is 24.3 Å². The Balaban J connectivity index is 1.93. The summed E-state index contributed by atoms with van der Waals surface area (Å²) in [6, 6.07) is 9.36. The molecule has 1 aliphatic heterocycles. The molecule has 1 saturated heterocycles. The van der Waals surface area contributed by atoms with Gasteiger partial charge in [-0.3, -0.25) is 0 Å². The van der Waals surface area contributed by atoms with Gasteiger partial charge in [-0.15, -0.1) is 0 Å². The van der Waals surface area contributed by atoms with Gasteiger partial charge >= 0.3 is 0 Å². The zero-order valence-electron chi connectivity index (χ0n) is 17.4. The van der Waals surface area contributed by atoms with Crippen molar-refractivity contribution in [1.82, 2.24) is 0 Å². The second kappa shape index (κ2) is 9.24. The van der Waals surface area contributed by atoms with Crippen molar-refractivity contribution >= 4 is 0 Å². The standard InChI is InChI=1S/C22H28O7/c1-24-17-7-6-13(9-19(17)25-2)18-11-15(21(27-4)12-29-18)14-8-16(23)22(28-5)20(10-14)26-3/h6-10,15,18,21,23H,11-12H2,1-5H3. The smallest absolute Gasteiger partial charge is 0.203 e. The van der Waals surface area contributed by atoms with Crippen molar-refractivity contribution in [2.45, 2.75) is 24.5 Å². The zero-order chi connectivity index (χ0) is 21.0. The predicted molar refractivity (Wildman–Crippen MR) is 108 cm³/mol. The van der Waals surface area contributed by atoms with Crippen molar-refractivity contribution in [3.05, 3.63) is 41.5 Å². The summed E-state index contributed by atoms with van der Waals surface area (Å²) < 4.78 is 33.1. The number of hydrogen-bond acceptors (Lipinski definition) is 7. The molecular formula is C22H28O7. The normalized spacial score (nSPS) is 21.5. The lowest BCUT2D eigenvalue weighted by Crippen LogP contribution is -2.34.